The van der Waals surface area contributed by atoms with Crippen molar-refractivity contribution in [2.24, 2.45) is 0 Å². The molecule has 8 heteroatoms. The predicted octanol–water partition coefficient (Wildman–Crippen LogP) is 6.03. The number of amides is 1. The maximum atomic E-state index is 11.7. The Morgan fingerprint density at radius 1 is 1.07 bits per heavy atom. The van der Waals surface area contributed by atoms with E-state index in [-0.39, 0.29) is 5.91 Å². The van der Waals surface area contributed by atoms with Gasteiger partial charge in [-0.25, -0.2) is 0 Å². The quantitative estimate of drug-likeness (QED) is 0.295. The molecule has 0 unspecified atom stereocenters. The van der Waals surface area contributed by atoms with Crippen molar-refractivity contribution in [1.29, 1.82) is 0 Å². The molecule has 2 aromatic carbocycles. The van der Waals surface area contributed by atoms with Crippen LogP contribution in [0.5, 0.6) is 0 Å². The van der Waals surface area contributed by atoms with Gasteiger partial charge in [-0.05, 0) is 37.5 Å². The summed E-state index contributed by atoms with van der Waals surface area (Å²) in [4.78, 5) is 11.7. The molecule has 0 radical (unpaired) electrons. The minimum Gasteiger partial charge on any atom is -0.356 e. The Hall–Kier alpha value is -2.02. The zero-order valence-electron chi connectivity index (χ0n) is 16.8. The fraction of sp³-hybridized carbons (Fsp3) is 0.318. The van der Waals surface area contributed by atoms with Crippen molar-refractivity contribution < 1.29 is 4.79 Å². The summed E-state index contributed by atoms with van der Waals surface area (Å²) in [7, 11) is 0. The molecule has 1 heterocycles. The molecule has 1 amide bonds. The lowest BCUT2D eigenvalue weighted by atomic mass is 10.2. The molecule has 1 aromatic heterocycles. The summed E-state index contributed by atoms with van der Waals surface area (Å²) in [6.07, 6.45) is 3.26. The first-order valence-electron chi connectivity index (χ1n) is 9.96. The molecule has 0 bridgehead atoms. The molecule has 0 atom stereocenters. The molecule has 30 heavy (non-hydrogen) atoms. The van der Waals surface area contributed by atoms with Crippen LogP contribution < -0.4 is 5.32 Å². The highest BCUT2D eigenvalue weighted by Gasteiger charge is 2.17. The number of hydrogen-bond donors (Lipinski definition) is 1. The minimum atomic E-state index is 0.118. The van der Waals surface area contributed by atoms with E-state index >= 15 is 0 Å². The normalized spacial score (nSPS) is 10.9. The van der Waals surface area contributed by atoms with E-state index in [0.717, 1.165) is 53.8 Å². The van der Waals surface area contributed by atoms with Crippen LogP contribution in [-0.4, -0.2) is 33.0 Å². The van der Waals surface area contributed by atoms with Gasteiger partial charge in [-0.1, -0.05) is 72.2 Å². The summed E-state index contributed by atoms with van der Waals surface area (Å²) in [5.41, 5.74) is 1.82. The Morgan fingerprint density at radius 2 is 1.87 bits per heavy atom. The van der Waals surface area contributed by atoms with Gasteiger partial charge in [-0.2, -0.15) is 0 Å². The Bertz CT molecular complexity index is 979. The van der Waals surface area contributed by atoms with Crippen LogP contribution in [0.2, 0.25) is 10.0 Å². The zero-order valence-corrected chi connectivity index (χ0v) is 19.1. The second-order valence-electron chi connectivity index (χ2n) is 6.76. The van der Waals surface area contributed by atoms with Crippen LogP contribution in [0.4, 0.5) is 0 Å². The summed E-state index contributed by atoms with van der Waals surface area (Å²) >= 11 is 14.0. The van der Waals surface area contributed by atoms with Crippen molar-refractivity contribution in [2.45, 2.75) is 37.8 Å². The summed E-state index contributed by atoms with van der Waals surface area (Å²) in [6, 6.07) is 15.4. The number of aromatic nitrogens is 3. The van der Waals surface area contributed by atoms with E-state index in [1.165, 1.54) is 0 Å². The molecule has 3 rings (SSSR count). The number of thioether (sulfide) groups is 1. The maximum Gasteiger partial charge on any atom is 0.219 e. The molecule has 158 valence electrons. The lowest BCUT2D eigenvalue weighted by Crippen LogP contribution is -2.23. The number of benzene rings is 2. The SMILES string of the molecule is CCCNC(=O)CCCCSc1nnc(-c2ccccc2)n1-c1ccc(Cl)c(Cl)c1. The third kappa shape index (κ3) is 6.00. The van der Waals surface area contributed by atoms with E-state index in [1.807, 2.05) is 54.0 Å². The monoisotopic (exact) mass is 462 g/mol. The van der Waals surface area contributed by atoms with Crippen LogP contribution >= 0.6 is 35.0 Å². The van der Waals surface area contributed by atoms with Gasteiger partial charge in [0, 0.05) is 24.3 Å². The van der Waals surface area contributed by atoms with Gasteiger partial charge >= 0.3 is 0 Å². The molecule has 5 nitrogen and oxygen atoms in total. The van der Waals surface area contributed by atoms with Crippen molar-refractivity contribution in [3.8, 4) is 17.1 Å². The topological polar surface area (TPSA) is 59.8 Å². The zero-order chi connectivity index (χ0) is 21.3. The van der Waals surface area contributed by atoms with Gasteiger partial charge < -0.3 is 5.32 Å². The third-order valence-corrected chi connectivity index (χ3v) is 6.18. The standard InChI is InChI=1S/C22H24Cl2N4OS/c1-2-13-25-20(29)10-6-7-14-30-22-27-26-21(16-8-4-3-5-9-16)28(22)17-11-12-18(23)19(24)15-17/h3-5,8-9,11-12,15H,2,6-7,10,13-14H2,1H3,(H,25,29). The molecular weight excluding hydrogens is 439 g/mol. The first-order chi connectivity index (χ1) is 14.6. The van der Waals surface area contributed by atoms with Gasteiger partial charge in [-0.3, -0.25) is 9.36 Å². The number of hydrogen-bond acceptors (Lipinski definition) is 4. The molecule has 3 aromatic rings. The Labute approximate surface area is 191 Å². The predicted molar refractivity (Wildman–Crippen MR) is 125 cm³/mol. The van der Waals surface area contributed by atoms with Gasteiger partial charge in [-0.15, -0.1) is 10.2 Å². The molecule has 0 aliphatic carbocycles. The fourth-order valence-electron chi connectivity index (χ4n) is 2.90. The average molecular weight is 463 g/mol. The number of nitrogens with one attached hydrogen (secondary N) is 1. The largest absolute Gasteiger partial charge is 0.356 e. The van der Waals surface area contributed by atoms with E-state index in [2.05, 4.69) is 15.5 Å². The Morgan fingerprint density at radius 3 is 2.60 bits per heavy atom. The highest BCUT2D eigenvalue weighted by Crippen LogP contribution is 2.31. The van der Waals surface area contributed by atoms with Crippen LogP contribution in [0.15, 0.2) is 53.7 Å². The molecule has 0 fully saturated rings. The van der Waals surface area contributed by atoms with Gasteiger partial charge in [0.2, 0.25) is 5.91 Å². The van der Waals surface area contributed by atoms with Crippen LogP contribution in [0.1, 0.15) is 32.6 Å². The van der Waals surface area contributed by atoms with Crippen molar-refractivity contribution in [3.05, 3.63) is 58.6 Å². The highest BCUT2D eigenvalue weighted by atomic mass is 35.5. The van der Waals surface area contributed by atoms with E-state index in [0.29, 0.717) is 16.5 Å². The van der Waals surface area contributed by atoms with Crippen LogP contribution in [-0.2, 0) is 4.79 Å². The number of nitrogens with zero attached hydrogens (tertiary/aromatic N) is 3. The van der Waals surface area contributed by atoms with E-state index in [4.69, 9.17) is 23.2 Å². The summed E-state index contributed by atoms with van der Waals surface area (Å²) in [5, 5.41) is 13.5. The van der Waals surface area contributed by atoms with Crippen molar-refractivity contribution in [1.82, 2.24) is 20.1 Å². The third-order valence-electron chi connectivity index (χ3n) is 4.43. The maximum absolute atomic E-state index is 11.7. The lowest BCUT2D eigenvalue weighted by molar-refractivity contribution is -0.121. The molecule has 0 aliphatic rings. The number of rotatable bonds is 10. The number of halogens is 2. The number of unbranched alkanes of at least 4 members (excludes halogenated alkanes) is 1. The first kappa shape index (κ1) is 22.7. The van der Waals surface area contributed by atoms with Gasteiger partial charge in [0.05, 0.1) is 15.7 Å². The smallest absolute Gasteiger partial charge is 0.219 e. The number of carbonyl (C=O) groups is 1. The second-order valence-corrected chi connectivity index (χ2v) is 8.64. The van der Waals surface area contributed by atoms with Gasteiger partial charge in [0.15, 0.2) is 11.0 Å². The molecule has 0 saturated carbocycles. The summed E-state index contributed by atoms with van der Waals surface area (Å²) < 4.78 is 2.00. The molecule has 0 spiro atoms. The minimum absolute atomic E-state index is 0.118. The lowest BCUT2D eigenvalue weighted by Gasteiger charge is -2.11. The van der Waals surface area contributed by atoms with Gasteiger partial charge in [0.1, 0.15) is 0 Å². The highest BCUT2D eigenvalue weighted by molar-refractivity contribution is 7.99. The van der Waals surface area contributed by atoms with E-state index < -0.39 is 0 Å². The molecular formula is C22H24Cl2N4OS. The van der Waals surface area contributed by atoms with Crippen LogP contribution in [0.3, 0.4) is 0 Å². The Balaban J connectivity index is 1.74. The van der Waals surface area contributed by atoms with Crippen LogP contribution in [0.25, 0.3) is 17.1 Å². The molecule has 1 N–H and O–H groups in total. The summed E-state index contributed by atoms with van der Waals surface area (Å²) in [6.45, 7) is 2.78. The second kappa shape index (κ2) is 11.4. The van der Waals surface area contributed by atoms with Crippen molar-refractivity contribution in [2.75, 3.05) is 12.3 Å². The number of carbonyl (C=O) groups excluding carboxylic acids is 1. The Kier molecular flexibility index (Phi) is 8.61. The fourth-order valence-corrected chi connectivity index (χ4v) is 4.14. The van der Waals surface area contributed by atoms with Gasteiger partial charge in [0.25, 0.3) is 0 Å². The molecule has 0 aliphatic heterocycles. The van der Waals surface area contributed by atoms with Crippen LogP contribution in [0, 0.1) is 0 Å². The molecule has 0 saturated heterocycles. The average Bonchev–Trinajstić information content (AvgIpc) is 3.18. The van der Waals surface area contributed by atoms with Crippen molar-refractivity contribution in [3.63, 3.8) is 0 Å². The van der Waals surface area contributed by atoms with E-state index in [1.54, 1.807) is 17.8 Å². The first-order valence-corrected chi connectivity index (χ1v) is 11.7. The summed E-state index contributed by atoms with van der Waals surface area (Å²) in [5.74, 6) is 1.71. The van der Waals surface area contributed by atoms with E-state index in [9.17, 15) is 4.79 Å². The van der Waals surface area contributed by atoms with Crippen molar-refractivity contribution >= 4 is 40.9 Å².